The van der Waals surface area contributed by atoms with Crippen molar-refractivity contribution in [2.24, 2.45) is 5.92 Å². The van der Waals surface area contributed by atoms with Crippen LogP contribution in [0.3, 0.4) is 0 Å². The molecule has 4 aliphatic heterocycles. The summed E-state index contributed by atoms with van der Waals surface area (Å²) in [4.78, 5) is 19.4. The minimum absolute atomic E-state index is 0.187. The Labute approximate surface area is 133 Å². The van der Waals surface area contributed by atoms with Crippen LogP contribution < -0.4 is 4.90 Å². The molecule has 4 nitrogen and oxygen atoms in total. The number of amides is 2. The number of nitrogens with zero attached hydrogens (tertiary/aromatic N) is 3. The van der Waals surface area contributed by atoms with Crippen molar-refractivity contribution in [1.82, 2.24) is 9.80 Å². The average molecular weight is 350 g/mol. The highest BCUT2D eigenvalue weighted by atomic mass is 79.9. The van der Waals surface area contributed by atoms with Gasteiger partial charge in [0, 0.05) is 35.8 Å². The summed E-state index contributed by atoms with van der Waals surface area (Å²) in [5.41, 5.74) is 0.998. The van der Waals surface area contributed by atoms with Crippen LogP contribution in [0.1, 0.15) is 12.8 Å². The Morgan fingerprint density at radius 2 is 1.90 bits per heavy atom. The minimum atomic E-state index is 0.187. The predicted molar refractivity (Wildman–Crippen MR) is 86.5 cm³/mol. The minimum Gasteiger partial charge on any atom is -0.318 e. The zero-order valence-electron chi connectivity index (χ0n) is 12.0. The van der Waals surface area contributed by atoms with Gasteiger partial charge in [0.2, 0.25) is 0 Å². The van der Waals surface area contributed by atoms with Crippen LogP contribution in [0.5, 0.6) is 0 Å². The Kier molecular flexibility index (Phi) is 3.42. The Balaban J connectivity index is 1.53. The number of benzene rings is 1. The highest BCUT2D eigenvalue weighted by molar-refractivity contribution is 9.10. The van der Waals surface area contributed by atoms with Crippen LogP contribution in [0.25, 0.3) is 0 Å². The van der Waals surface area contributed by atoms with Crippen molar-refractivity contribution in [3.63, 3.8) is 0 Å². The molecule has 0 spiro atoms. The molecule has 0 N–H and O–H groups in total. The number of rotatable bonds is 2. The van der Waals surface area contributed by atoms with Gasteiger partial charge in [-0.2, -0.15) is 0 Å². The summed E-state index contributed by atoms with van der Waals surface area (Å²) in [5.74, 6) is 0.710. The van der Waals surface area contributed by atoms with E-state index in [1.54, 1.807) is 0 Å². The van der Waals surface area contributed by atoms with E-state index in [1.165, 1.54) is 25.9 Å². The van der Waals surface area contributed by atoms with Crippen molar-refractivity contribution >= 4 is 27.6 Å². The number of urea groups is 1. The van der Waals surface area contributed by atoms with Crippen LogP contribution in [0.4, 0.5) is 10.5 Å². The van der Waals surface area contributed by atoms with E-state index < -0.39 is 0 Å². The van der Waals surface area contributed by atoms with Gasteiger partial charge < -0.3 is 9.80 Å². The first kappa shape index (κ1) is 13.6. The van der Waals surface area contributed by atoms with E-state index in [1.807, 2.05) is 29.2 Å². The normalized spacial score (nSPS) is 32.0. The standard InChI is InChI=1S/C16H20BrN3O/c17-13-2-1-3-14(10-13)19-8-9-20(16(19)21)15-11-18-6-4-12(15)5-7-18/h1-3,10,12,15H,4-9,11H2. The average Bonchev–Trinajstić information content (AvgIpc) is 2.90. The Morgan fingerprint density at radius 3 is 2.57 bits per heavy atom. The molecule has 1 atom stereocenters. The molecule has 1 aromatic rings. The zero-order chi connectivity index (χ0) is 14.4. The van der Waals surface area contributed by atoms with Crippen LogP contribution in [-0.4, -0.2) is 54.6 Å². The topological polar surface area (TPSA) is 26.8 Å². The molecule has 4 heterocycles. The number of anilines is 1. The molecule has 0 aliphatic carbocycles. The molecule has 1 unspecified atom stereocenters. The van der Waals surface area contributed by atoms with Crippen LogP contribution in [0.2, 0.25) is 0 Å². The molecule has 5 heteroatoms. The number of fused-ring (bicyclic) bond motifs is 3. The molecule has 1 aromatic carbocycles. The van der Waals surface area contributed by atoms with E-state index >= 15 is 0 Å². The highest BCUT2D eigenvalue weighted by Crippen LogP contribution is 2.33. The first-order chi connectivity index (χ1) is 10.2. The number of carbonyl (C=O) groups excluding carboxylic acids is 1. The van der Waals surface area contributed by atoms with Crippen molar-refractivity contribution in [3.05, 3.63) is 28.7 Å². The molecule has 2 bridgehead atoms. The van der Waals surface area contributed by atoms with E-state index in [-0.39, 0.29) is 6.03 Å². The molecule has 4 saturated heterocycles. The van der Waals surface area contributed by atoms with Gasteiger partial charge in [0.15, 0.2) is 0 Å². The SMILES string of the molecule is O=C1N(c2cccc(Br)c2)CCN1C1CN2CCC1CC2. The highest BCUT2D eigenvalue weighted by Gasteiger charge is 2.43. The summed E-state index contributed by atoms with van der Waals surface area (Å²) in [7, 11) is 0. The zero-order valence-corrected chi connectivity index (χ0v) is 13.6. The molecular formula is C16H20BrN3O. The van der Waals surface area contributed by atoms with Crippen LogP contribution >= 0.6 is 15.9 Å². The summed E-state index contributed by atoms with van der Waals surface area (Å²) in [6, 6.07) is 8.64. The van der Waals surface area contributed by atoms with Gasteiger partial charge >= 0.3 is 6.03 Å². The van der Waals surface area contributed by atoms with Gasteiger partial charge in [-0.25, -0.2) is 4.79 Å². The Morgan fingerprint density at radius 1 is 1.10 bits per heavy atom. The number of hydrogen-bond acceptors (Lipinski definition) is 2. The summed E-state index contributed by atoms with van der Waals surface area (Å²) < 4.78 is 1.02. The second-order valence-electron chi connectivity index (χ2n) is 6.31. The van der Waals surface area contributed by atoms with E-state index in [0.29, 0.717) is 12.0 Å². The number of halogens is 1. The second-order valence-corrected chi connectivity index (χ2v) is 7.23. The van der Waals surface area contributed by atoms with Crippen LogP contribution in [0.15, 0.2) is 28.7 Å². The van der Waals surface area contributed by atoms with Crippen LogP contribution in [0, 0.1) is 5.92 Å². The molecule has 0 aromatic heterocycles. The summed E-state index contributed by atoms with van der Waals surface area (Å²) in [5, 5.41) is 0. The van der Waals surface area contributed by atoms with Gasteiger partial charge in [-0.05, 0) is 50.0 Å². The van der Waals surface area contributed by atoms with E-state index in [2.05, 4.69) is 25.7 Å². The second kappa shape index (κ2) is 5.29. The molecule has 5 rings (SSSR count). The summed E-state index contributed by atoms with van der Waals surface area (Å²) in [6.45, 7) is 5.18. The maximum atomic E-state index is 12.8. The lowest BCUT2D eigenvalue weighted by atomic mass is 9.83. The van der Waals surface area contributed by atoms with Gasteiger partial charge in [-0.1, -0.05) is 22.0 Å². The fourth-order valence-corrected chi connectivity index (χ4v) is 4.42. The quantitative estimate of drug-likeness (QED) is 0.820. The number of piperidine rings is 3. The third-order valence-electron chi connectivity index (χ3n) is 5.18. The van der Waals surface area contributed by atoms with E-state index in [4.69, 9.17) is 0 Å². The lowest BCUT2D eigenvalue weighted by molar-refractivity contribution is 0.0300. The van der Waals surface area contributed by atoms with Gasteiger partial charge in [-0.3, -0.25) is 4.90 Å². The molecule has 4 aliphatic rings. The number of carbonyl (C=O) groups is 1. The van der Waals surface area contributed by atoms with Gasteiger partial charge in [0.05, 0.1) is 0 Å². The molecule has 21 heavy (non-hydrogen) atoms. The lowest BCUT2D eigenvalue weighted by Gasteiger charge is -2.47. The van der Waals surface area contributed by atoms with Crippen molar-refractivity contribution < 1.29 is 4.79 Å². The predicted octanol–water partition coefficient (Wildman–Crippen LogP) is 2.79. The first-order valence-corrected chi connectivity index (χ1v) is 8.58. The molecular weight excluding hydrogens is 330 g/mol. The van der Waals surface area contributed by atoms with Crippen molar-refractivity contribution in [3.8, 4) is 0 Å². The van der Waals surface area contributed by atoms with Crippen molar-refractivity contribution in [2.45, 2.75) is 18.9 Å². The molecule has 112 valence electrons. The van der Waals surface area contributed by atoms with Crippen LogP contribution in [-0.2, 0) is 0 Å². The largest absolute Gasteiger partial charge is 0.324 e. The molecule has 4 fully saturated rings. The maximum absolute atomic E-state index is 12.8. The fraction of sp³-hybridized carbons (Fsp3) is 0.562. The van der Waals surface area contributed by atoms with E-state index in [0.717, 1.165) is 29.8 Å². The van der Waals surface area contributed by atoms with Gasteiger partial charge in [0.25, 0.3) is 0 Å². The molecule has 2 amide bonds. The van der Waals surface area contributed by atoms with Crippen molar-refractivity contribution in [1.29, 1.82) is 0 Å². The number of hydrogen-bond donors (Lipinski definition) is 0. The molecule has 0 saturated carbocycles. The maximum Gasteiger partial charge on any atom is 0.324 e. The molecule has 0 radical (unpaired) electrons. The summed E-state index contributed by atoms with van der Waals surface area (Å²) >= 11 is 3.49. The fourth-order valence-electron chi connectivity index (χ4n) is 4.03. The smallest absolute Gasteiger partial charge is 0.318 e. The Hall–Kier alpha value is -1.07. The first-order valence-electron chi connectivity index (χ1n) is 7.78. The van der Waals surface area contributed by atoms with Crippen molar-refractivity contribution in [2.75, 3.05) is 37.6 Å². The third-order valence-corrected chi connectivity index (χ3v) is 5.68. The monoisotopic (exact) mass is 349 g/mol. The van der Waals surface area contributed by atoms with Gasteiger partial charge in [-0.15, -0.1) is 0 Å². The third kappa shape index (κ3) is 2.36. The van der Waals surface area contributed by atoms with E-state index in [9.17, 15) is 4.79 Å². The summed E-state index contributed by atoms with van der Waals surface area (Å²) in [6.07, 6.45) is 2.51. The van der Waals surface area contributed by atoms with Gasteiger partial charge in [0.1, 0.15) is 0 Å². The lowest BCUT2D eigenvalue weighted by Crippen LogP contribution is -2.58. The Bertz CT molecular complexity index is 556.